The number of ketones is 1. The molecule has 3 rings (SSSR count). The van der Waals surface area contributed by atoms with Gasteiger partial charge < -0.3 is 5.73 Å². The van der Waals surface area contributed by atoms with Crippen LogP contribution in [0.2, 0.25) is 0 Å². The molecule has 1 amide bonds. The zero-order valence-corrected chi connectivity index (χ0v) is 12.8. The van der Waals surface area contributed by atoms with Gasteiger partial charge in [-0.25, -0.2) is 4.39 Å². The van der Waals surface area contributed by atoms with Crippen molar-refractivity contribution in [1.29, 1.82) is 0 Å². The van der Waals surface area contributed by atoms with Gasteiger partial charge in [0, 0.05) is 6.20 Å². The lowest BCUT2D eigenvalue weighted by atomic mass is 9.95. The topological polar surface area (TPSA) is 85.5 Å². The Bertz CT molecular complexity index is 764. The summed E-state index contributed by atoms with van der Waals surface area (Å²) in [5.41, 5.74) is 6.91. The number of halogens is 1. The van der Waals surface area contributed by atoms with Crippen molar-refractivity contribution in [2.24, 2.45) is 11.7 Å². The number of pyridine rings is 1. The third-order valence-electron chi connectivity index (χ3n) is 3.85. The molecule has 0 bridgehead atoms. The van der Waals surface area contributed by atoms with Gasteiger partial charge in [0.1, 0.15) is 17.4 Å². The fourth-order valence-corrected chi connectivity index (χ4v) is 2.57. The van der Waals surface area contributed by atoms with Crippen LogP contribution in [0.15, 0.2) is 42.6 Å². The van der Waals surface area contributed by atoms with Crippen molar-refractivity contribution in [3.05, 3.63) is 59.7 Å². The predicted molar refractivity (Wildman–Crippen MR) is 84.7 cm³/mol. The largest absolute Gasteiger partial charge is 0.369 e. The van der Waals surface area contributed by atoms with Gasteiger partial charge >= 0.3 is 0 Å². The molecule has 0 saturated heterocycles. The van der Waals surface area contributed by atoms with Gasteiger partial charge in [0.05, 0.1) is 18.8 Å². The predicted octanol–water partition coefficient (Wildman–Crippen LogP) is 1.50. The summed E-state index contributed by atoms with van der Waals surface area (Å²) in [5, 5.41) is 1.47. The van der Waals surface area contributed by atoms with E-state index in [0.717, 1.165) is 5.56 Å². The monoisotopic (exact) mass is 329 g/mol. The number of amides is 1. The van der Waals surface area contributed by atoms with Crippen LogP contribution in [0.25, 0.3) is 0 Å². The van der Waals surface area contributed by atoms with Crippen LogP contribution >= 0.6 is 0 Å². The summed E-state index contributed by atoms with van der Waals surface area (Å²) in [6.45, 7) is 0.357. The molecule has 1 aliphatic rings. The van der Waals surface area contributed by atoms with E-state index in [-0.39, 0.29) is 18.1 Å². The maximum atomic E-state index is 12.9. The Labute approximate surface area is 138 Å². The number of Topliss-reactive ketones (excluding diaryl/α,β-unsaturated/α-hetero) is 1. The molecule has 2 aromatic rings. The van der Waals surface area contributed by atoms with Crippen LogP contribution < -0.4 is 10.8 Å². The SMILES string of the molecule is NC(=O)C1CN(OCCc2ccc(F)cc2)c2cccnc2C1=O. The smallest absolute Gasteiger partial charge is 0.230 e. The first-order valence-corrected chi connectivity index (χ1v) is 7.49. The highest BCUT2D eigenvalue weighted by atomic mass is 19.1. The lowest BCUT2D eigenvalue weighted by Gasteiger charge is -2.32. The number of nitrogens with zero attached hydrogens (tertiary/aromatic N) is 2. The van der Waals surface area contributed by atoms with Crippen molar-refractivity contribution in [1.82, 2.24) is 4.98 Å². The lowest BCUT2D eigenvalue weighted by molar-refractivity contribution is -0.120. The average molecular weight is 329 g/mol. The van der Waals surface area contributed by atoms with Crippen molar-refractivity contribution in [2.45, 2.75) is 6.42 Å². The van der Waals surface area contributed by atoms with Crippen molar-refractivity contribution >= 4 is 17.4 Å². The Balaban J connectivity index is 1.72. The Kier molecular flexibility index (Phi) is 4.52. The highest BCUT2D eigenvalue weighted by molar-refractivity contribution is 6.13. The second-order valence-electron chi connectivity index (χ2n) is 5.46. The number of benzene rings is 1. The maximum absolute atomic E-state index is 12.9. The molecule has 24 heavy (non-hydrogen) atoms. The molecule has 1 aliphatic heterocycles. The minimum Gasteiger partial charge on any atom is -0.369 e. The first-order valence-electron chi connectivity index (χ1n) is 7.49. The zero-order valence-electron chi connectivity index (χ0n) is 12.8. The first-order chi connectivity index (χ1) is 11.6. The number of fused-ring (bicyclic) bond motifs is 1. The van der Waals surface area contributed by atoms with E-state index in [4.69, 9.17) is 10.6 Å². The Morgan fingerprint density at radius 2 is 2.08 bits per heavy atom. The summed E-state index contributed by atoms with van der Waals surface area (Å²) in [6, 6.07) is 9.52. The number of anilines is 1. The van der Waals surface area contributed by atoms with Crippen LogP contribution in [-0.4, -0.2) is 29.8 Å². The second-order valence-corrected chi connectivity index (χ2v) is 5.46. The molecule has 0 fully saturated rings. The molecular formula is C17H16FN3O3. The average Bonchev–Trinajstić information content (AvgIpc) is 2.58. The molecule has 2 heterocycles. The molecule has 7 heteroatoms. The van der Waals surface area contributed by atoms with Crippen LogP contribution in [0, 0.1) is 11.7 Å². The van der Waals surface area contributed by atoms with Crippen LogP contribution in [0.5, 0.6) is 0 Å². The van der Waals surface area contributed by atoms with Gasteiger partial charge in [-0.05, 0) is 36.2 Å². The maximum Gasteiger partial charge on any atom is 0.230 e. The highest BCUT2D eigenvalue weighted by Crippen LogP contribution is 2.28. The van der Waals surface area contributed by atoms with Crippen molar-refractivity contribution in [2.75, 3.05) is 18.2 Å². The van der Waals surface area contributed by atoms with Crippen LogP contribution in [0.4, 0.5) is 10.1 Å². The van der Waals surface area contributed by atoms with Crippen LogP contribution in [0.3, 0.4) is 0 Å². The van der Waals surface area contributed by atoms with Crippen molar-refractivity contribution in [3.63, 3.8) is 0 Å². The molecule has 0 spiro atoms. The molecule has 0 radical (unpaired) electrons. The molecule has 2 N–H and O–H groups in total. The Morgan fingerprint density at radius 3 is 2.79 bits per heavy atom. The number of hydrogen-bond acceptors (Lipinski definition) is 5. The number of hydrogen-bond donors (Lipinski definition) is 1. The van der Waals surface area contributed by atoms with E-state index >= 15 is 0 Å². The van der Waals surface area contributed by atoms with Crippen LogP contribution in [-0.2, 0) is 16.1 Å². The van der Waals surface area contributed by atoms with E-state index in [1.165, 1.54) is 23.4 Å². The van der Waals surface area contributed by atoms with Crippen molar-refractivity contribution in [3.8, 4) is 0 Å². The fraction of sp³-hybridized carbons (Fsp3) is 0.235. The minimum absolute atomic E-state index is 0.0519. The van der Waals surface area contributed by atoms with E-state index in [1.807, 2.05) is 0 Å². The zero-order chi connectivity index (χ0) is 17.1. The molecule has 0 aliphatic carbocycles. The molecule has 0 saturated carbocycles. The van der Waals surface area contributed by atoms with Gasteiger partial charge in [0.25, 0.3) is 0 Å². The first kappa shape index (κ1) is 16.1. The van der Waals surface area contributed by atoms with Crippen LogP contribution in [0.1, 0.15) is 16.1 Å². The number of rotatable bonds is 5. The molecule has 1 aromatic heterocycles. The number of carbonyl (C=O) groups excluding carboxylic acids is 2. The molecule has 1 atom stereocenters. The normalized spacial score (nSPS) is 16.8. The van der Waals surface area contributed by atoms with Gasteiger partial charge in [0.15, 0.2) is 5.78 Å². The van der Waals surface area contributed by atoms with Gasteiger partial charge in [-0.2, -0.15) is 0 Å². The van der Waals surface area contributed by atoms with E-state index in [1.54, 1.807) is 24.3 Å². The number of nitrogens with two attached hydrogens (primary N) is 1. The summed E-state index contributed by atoms with van der Waals surface area (Å²) in [7, 11) is 0. The van der Waals surface area contributed by atoms with Gasteiger partial charge in [-0.15, -0.1) is 0 Å². The van der Waals surface area contributed by atoms with E-state index in [9.17, 15) is 14.0 Å². The van der Waals surface area contributed by atoms with Gasteiger partial charge in [-0.1, -0.05) is 12.1 Å². The third-order valence-corrected chi connectivity index (χ3v) is 3.85. The van der Waals surface area contributed by atoms with E-state index < -0.39 is 17.6 Å². The molecular weight excluding hydrogens is 313 g/mol. The molecule has 6 nitrogen and oxygen atoms in total. The Morgan fingerprint density at radius 1 is 1.33 bits per heavy atom. The van der Waals surface area contributed by atoms with Gasteiger partial charge in [0.2, 0.25) is 5.91 Å². The molecule has 124 valence electrons. The molecule has 1 unspecified atom stereocenters. The number of hydroxylamine groups is 1. The summed E-state index contributed by atoms with van der Waals surface area (Å²) < 4.78 is 12.9. The second kappa shape index (κ2) is 6.76. The highest BCUT2D eigenvalue weighted by Gasteiger charge is 2.37. The summed E-state index contributed by atoms with van der Waals surface area (Å²) >= 11 is 0. The summed E-state index contributed by atoms with van der Waals surface area (Å²) in [4.78, 5) is 33.5. The summed E-state index contributed by atoms with van der Waals surface area (Å²) in [6.07, 6.45) is 2.04. The lowest BCUT2D eigenvalue weighted by Crippen LogP contribution is -2.45. The summed E-state index contributed by atoms with van der Waals surface area (Å²) in [5.74, 6) is -2.38. The van der Waals surface area contributed by atoms with Gasteiger partial charge in [-0.3, -0.25) is 24.5 Å². The van der Waals surface area contributed by atoms with Crippen molar-refractivity contribution < 1.29 is 18.8 Å². The quantitative estimate of drug-likeness (QED) is 0.840. The third kappa shape index (κ3) is 3.26. The standard InChI is InChI=1S/C17H16FN3O3/c18-12-5-3-11(4-6-12)7-9-24-21-10-13(17(19)23)16(22)15-14(21)2-1-8-20-15/h1-6,8,13H,7,9-10H2,(H2,19,23). The number of aromatic nitrogens is 1. The fourth-order valence-electron chi connectivity index (χ4n) is 2.57. The number of carbonyl (C=O) groups is 2. The Hall–Kier alpha value is -2.80. The van der Waals surface area contributed by atoms with E-state index in [0.29, 0.717) is 18.7 Å². The minimum atomic E-state index is -0.988. The number of primary amides is 1. The molecule has 1 aromatic carbocycles. The van der Waals surface area contributed by atoms with E-state index in [2.05, 4.69) is 4.98 Å².